The number of hydrogen-bond donors (Lipinski definition) is 1. The number of nitrogens with zero attached hydrogens (tertiary/aromatic N) is 2. The Hall–Kier alpha value is -1.16. The minimum absolute atomic E-state index is 0.152. The topological polar surface area (TPSA) is 37.3 Å². The van der Waals surface area contributed by atoms with E-state index in [2.05, 4.69) is 28.8 Å². The summed E-state index contributed by atoms with van der Waals surface area (Å²) in [5.41, 5.74) is 0.902. The normalized spacial score (nSPS) is 13.0. The number of hydrogen-bond acceptors (Lipinski definition) is 4. The second-order valence-electron chi connectivity index (χ2n) is 2.86. The van der Waals surface area contributed by atoms with E-state index in [4.69, 9.17) is 0 Å². The molecule has 0 aliphatic rings. The van der Waals surface area contributed by atoms with E-state index in [-0.39, 0.29) is 6.04 Å². The SMILES string of the molecule is C=CC(C)N=Cc1csc(NCC)n1. The Morgan fingerprint density at radius 3 is 3.21 bits per heavy atom. The van der Waals surface area contributed by atoms with E-state index in [1.807, 2.05) is 12.3 Å². The van der Waals surface area contributed by atoms with Gasteiger partial charge in [0.25, 0.3) is 0 Å². The van der Waals surface area contributed by atoms with Crippen molar-refractivity contribution in [3.8, 4) is 0 Å². The zero-order valence-electron chi connectivity index (χ0n) is 8.53. The van der Waals surface area contributed by atoms with Gasteiger partial charge in [0.2, 0.25) is 0 Å². The fourth-order valence-corrected chi connectivity index (χ4v) is 1.56. The molecule has 0 bridgehead atoms. The lowest BCUT2D eigenvalue weighted by molar-refractivity contribution is 0.935. The third kappa shape index (κ3) is 3.30. The maximum Gasteiger partial charge on any atom is 0.183 e. The van der Waals surface area contributed by atoms with Crippen LogP contribution in [-0.2, 0) is 0 Å². The van der Waals surface area contributed by atoms with Crippen LogP contribution in [0.25, 0.3) is 0 Å². The van der Waals surface area contributed by atoms with Gasteiger partial charge in [0.1, 0.15) is 0 Å². The predicted octanol–water partition coefficient (Wildman–Crippen LogP) is 2.57. The Kier molecular flexibility index (Phi) is 4.32. The van der Waals surface area contributed by atoms with Gasteiger partial charge in [-0.25, -0.2) is 4.98 Å². The fraction of sp³-hybridized carbons (Fsp3) is 0.400. The summed E-state index contributed by atoms with van der Waals surface area (Å²) in [6.07, 6.45) is 3.58. The molecule has 1 aromatic heterocycles. The predicted molar refractivity (Wildman–Crippen MR) is 63.5 cm³/mol. The average molecular weight is 209 g/mol. The number of rotatable bonds is 5. The average Bonchev–Trinajstić information content (AvgIpc) is 2.63. The van der Waals surface area contributed by atoms with Crippen LogP contribution in [-0.4, -0.2) is 23.8 Å². The van der Waals surface area contributed by atoms with Gasteiger partial charge in [-0.05, 0) is 13.8 Å². The highest BCUT2D eigenvalue weighted by Crippen LogP contribution is 2.13. The van der Waals surface area contributed by atoms with Crippen LogP contribution in [0.15, 0.2) is 23.0 Å². The van der Waals surface area contributed by atoms with Crippen LogP contribution in [0.5, 0.6) is 0 Å². The molecule has 4 heteroatoms. The quantitative estimate of drug-likeness (QED) is 0.598. The molecule has 0 spiro atoms. The van der Waals surface area contributed by atoms with E-state index >= 15 is 0 Å². The zero-order valence-corrected chi connectivity index (χ0v) is 9.34. The Bertz CT molecular complexity index is 317. The van der Waals surface area contributed by atoms with Gasteiger partial charge >= 0.3 is 0 Å². The van der Waals surface area contributed by atoms with Gasteiger partial charge in [-0.2, -0.15) is 0 Å². The molecule has 0 amide bonds. The molecule has 1 N–H and O–H groups in total. The van der Waals surface area contributed by atoms with E-state index in [0.29, 0.717) is 0 Å². The first-order valence-electron chi connectivity index (χ1n) is 4.61. The second-order valence-corrected chi connectivity index (χ2v) is 3.72. The molecule has 14 heavy (non-hydrogen) atoms. The molecule has 1 heterocycles. The van der Waals surface area contributed by atoms with Crippen LogP contribution in [0.4, 0.5) is 5.13 Å². The Morgan fingerprint density at radius 2 is 2.57 bits per heavy atom. The van der Waals surface area contributed by atoms with Crippen LogP contribution in [0.2, 0.25) is 0 Å². The minimum Gasteiger partial charge on any atom is -0.362 e. The molecule has 0 radical (unpaired) electrons. The molecule has 0 fully saturated rings. The summed E-state index contributed by atoms with van der Waals surface area (Å²) in [6, 6.07) is 0.152. The maximum atomic E-state index is 4.33. The highest BCUT2D eigenvalue weighted by Gasteiger charge is 1.97. The molecule has 0 aliphatic carbocycles. The van der Waals surface area contributed by atoms with E-state index in [9.17, 15) is 0 Å². The standard InChI is InChI=1S/C10H15N3S/c1-4-8(3)12-6-9-7-14-10(13-9)11-5-2/h4,6-8H,1,5H2,2-3H3,(H,11,13). The molecular weight excluding hydrogens is 194 g/mol. The summed E-state index contributed by atoms with van der Waals surface area (Å²) < 4.78 is 0. The monoisotopic (exact) mass is 209 g/mol. The molecule has 1 aromatic rings. The first-order valence-corrected chi connectivity index (χ1v) is 5.49. The molecule has 1 atom stereocenters. The second kappa shape index (κ2) is 5.54. The van der Waals surface area contributed by atoms with E-state index in [1.54, 1.807) is 23.6 Å². The number of thiazole rings is 1. The van der Waals surface area contributed by atoms with Crippen LogP contribution < -0.4 is 5.32 Å². The van der Waals surface area contributed by atoms with Gasteiger partial charge in [-0.3, -0.25) is 4.99 Å². The van der Waals surface area contributed by atoms with Gasteiger partial charge in [-0.1, -0.05) is 6.08 Å². The molecule has 0 aromatic carbocycles. The summed E-state index contributed by atoms with van der Waals surface area (Å²) in [7, 11) is 0. The van der Waals surface area contributed by atoms with Gasteiger partial charge in [-0.15, -0.1) is 17.9 Å². The van der Waals surface area contributed by atoms with Crippen LogP contribution >= 0.6 is 11.3 Å². The number of aliphatic imine (C=N–C) groups is 1. The Morgan fingerprint density at radius 1 is 1.79 bits per heavy atom. The molecule has 0 aliphatic heterocycles. The fourth-order valence-electron chi connectivity index (χ4n) is 0.833. The van der Waals surface area contributed by atoms with Gasteiger partial charge < -0.3 is 5.32 Å². The lowest BCUT2D eigenvalue weighted by Crippen LogP contribution is -1.96. The highest BCUT2D eigenvalue weighted by molar-refractivity contribution is 7.13. The van der Waals surface area contributed by atoms with Crippen molar-refractivity contribution in [3.63, 3.8) is 0 Å². The van der Waals surface area contributed by atoms with Crippen molar-refractivity contribution in [2.45, 2.75) is 19.9 Å². The third-order valence-corrected chi connectivity index (χ3v) is 2.45. The number of anilines is 1. The van der Waals surface area contributed by atoms with Crippen molar-refractivity contribution in [1.29, 1.82) is 0 Å². The lowest BCUT2D eigenvalue weighted by Gasteiger charge is -1.94. The van der Waals surface area contributed by atoms with Gasteiger partial charge in [0.05, 0.1) is 11.7 Å². The van der Waals surface area contributed by atoms with E-state index in [1.165, 1.54) is 0 Å². The van der Waals surface area contributed by atoms with Gasteiger partial charge in [0, 0.05) is 18.1 Å². The van der Waals surface area contributed by atoms with E-state index < -0.39 is 0 Å². The smallest absolute Gasteiger partial charge is 0.183 e. The number of nitrogens with one attached hydrogen (secondary N) is 1. The zero-order chi connectivity index (χ0) is 10.4. The summed E-state index contributed by atoms with van der Waals surface area (Å²) in [4.78, 5) is 8.59. The summed E-state index contributed by atoms with van der Waals surface area (Å²) in [5, 5.41) is 6.08. The van der Waals surface area contributed by atoms with Crippen molar-refractivity contribution in [2.75, 3.05) is 11.9 Å². The molecule has 3 nitrogen and oxygen atoms in total. The summed E-state index contributed by atoms with van der Waals surface area (Å²) in [5.74, 6) is 0. The van der Waals surface area contributed by atoms with Crippen molar-refractivity contribution < 1.29 is 0 Å². The molecule has 76 valence electrons. The molecule has 1 unspecified atom stereocenters. The molecule has 1 rings (SSSR count). The van der Waals surface area contributed by atoms with Crippen LogP contribution in [0.1, 0.15) is 19.5 Å². The molecular formula is C10H15N3S. The van der Waals surface area contributed by atoms with Crippen molar-refractivity contribution in [3.05, 3.63) is 23.7 Å². The maximum absolute atomic E-state index is 4.33. The lowest BCUT2D eigenvalue weighted by atomic mass is 10.3. The van der Waals surface area contributed by atoms with E-state index in [0.717, 1.165) is 17.4 Å². The first-order chi connectivity index (χ1) is 6.76. The van der Waals surface area contributed by atoms with Crippen molar-refractivity contribution in [2.24, 2.45) is 4.99 Å². The Labute approximate surface area is 88.6 Å². The molecule has 0 saturated heterocycles. The van der Waals surface area contributed by atoms with Gasteiger partial charge in [0.15, 0.2) is 5.13 Å². The largest absolute Gasteiger partial charge is 0.362 e. The van der Waals surface area contributed by atoms with Crippen molar-refractivity contribution in [1.82, 2.24) is 4.98 Å². The minimum atomic E-state index is 0.152. The van der Waals surface area contributed by atoms with Crippen LogP contribution in [0, 0.1) is 0 Å². The van der Waals surface area contributed by atoms with Crippen LogP contribution in [0.3, 0.4) is 0 Å². The highest BCUT2D eigenvalue weighted by atomic mass is 32.1. The number of aromatic nitrogens is 1. The third-order valence-electron chi connectivity index (χ3n) is 1.63. The summed E-state index contributed by atoms with van der Waals surface area (Å²) in [6.45, 7) is 8.60. The first kappa shape index (κ1) is 10.9. The Balaban J connectivity index is 2.58. The summed E-state index contributed by atoms with van der Waals surface area (Å²) >= 11 is 1.59. The van der Waals surface area contributed by atoms with Crippen molar-refractivity contribution >= 4 is 22.7 Å². The molecule has 0 saturated carbocycles.